The number of aromatic nitrogens is 3. The summed E-state index contributed by atoms with van der Waals surface area (Å²) < 4.78 is 0. The third-order valence-electron chi connectivity index (χ3n) is 3.71. The van der Waals surface area contributed by atoms with Crippen molar-refractivity contribution in [3.05, 3.63) is 11.6 Å². The molecule has 0 aromatic carbocycles. The molecule has 0 bridgehead atoms. The molecule has 4 nitrogen and oxygen atoms in total. The first-order valence-electron chi connectivity index (χ1n) is 6.64. The van der Waals surface area contributed by atoms with E-state index in [1.165, 1.54) is 37.2 Å². The highest BCUT2D eigenvalue weighted by atomic mass is 32.2. The van der Waals surface area contributed by atoms with Crippen LogP contribution in [0.4, 0.5) is 0 Å². The van der Waals surface area contributed by atoms with Crippen LogP contribution in [0.2, 0.25) is 0 Å². The first-order valence-corrected chi connectivity index (χ1v) is 7.79. The Morgan fingerprint density at radius 2 is 2.18 bits per heavy atom. The van der Waals surface area contributed by atoms with Crippen LogP contribution in [0.15, 0.2) is 0 Å². The Morgan fingerprint density at radius 1 is 1.29 bits per heavy atom. The van der Waals surface area contributed by atoms with Gasteiger partial charge >= 0.3 is 0 Å². The van der Waals surface area contributed by atoms with Crippen molar-refractivity contribution in [2.24, 2.45) is 0 Å². The van der Waals surface area contributed by atoms with Crippen LogP contribution in [0.3, 0.4) is 0 Å². The van der Waals surface area contributed by atoms with Crippen LogP contribution in [0.25, 0.3) is 0 Å². The summed E-state index contributed by atoms with van der Waals surface area (Å²) in [6.07, 6.45) is 6.22. The Morgan fingerprint density at radius 3 is 2.94 bits per heavy atom. The molecule has 1 aliphatic heterocycles. The lowest BCUT2D eigenvalue weighted by atomic mass is 10.1. The summed E-state index contributed by atoms with van der Waals surface area (Å²) in [6, 6.07) is 0.568. The molecule has 2 N–H and O–H groups in total. The zero-order chi connectivity index (χ0) is 11.5. The summed E-state index contributed by atoms with van der Waals surface area (Å²) in [6.45, 7) is 1.12. The van der Waals surface area contributed by atoms with E-state index in [0.29, 0.717) is 12.0 Å². The highest BCUT2D eigenvalue weighted by Crippen LogP contribution is 2.31. The predicted octanol–water partition coefficient (Wildman–Crippen LogP) is 1.71. The largest absolute Gasteiger partial charge is 0.312 e. The number of hydrogen-bond donors (Lipinski definition) is 2. The molecule has 2 heterocycles. The van der Waals surface area contributed by atoms with Gasteiger partial charge in [0.1, 0.15) is 5.82 Å². The third kappa shape index (κ3) is 2.83. The monoisotopic (exact) mass is 252 g/mol. The molecule has 0 radical (unpaired) electrons. The fraction of sp³-hybridized carbons (Fsp3) is 0.833. The van der Waals surface area contributed by atoms with E-state index in [1.54, 1.807) is 0 Å². The number of rotatable bonds is 3. The molecule has 94 valence electrons. The topological polar surface area (TPSA) is 53.6 Å². The Kier molecular flexibility index (Phi) is 3.66. The number of nitrogens with zero attached hydrogens (tertiary/aromatic N) is 2. The molecule has 1 aliphatic carbocycles. The van der Waals surface area contributed by atoms with Crippen molar-refractivity contribution in [2.45, 2.75) is 44.1 Å². The van der Waals surface area contributed by atoms with Crippen LogP contribution >= 0.6 is 11.8 Å². The number of H-pyrrole nitrogens is 1. The average Bonchev–Trinajstić information content (AvgIpc) is 3.00. The maximum atomic E-state index is 4.67. The van der Waals surface area contributed by atoms with Gasteiger partial charge in [-0.25, -0.2) is 4.98 Å². The molecule has 5 heteroatoms. The molecule has 17 heavy (non-hydrogen) atoms. The molecule has 1 atom stereocenters. The minimum absolute atomic E-state index is 0.568. The van der Waals surface area contributed by atoms with Crippen molar-refractivity contribution in [3.63, 3.8) is 0 Å². The van der Waals surface area contributed by atoms with Gasteiger partial charge in [0.15, 0.2) is 5.82 Å². The number of thioether (sulfide) groups is 1. The molecular formula is C12H20N4S. The summed E-state index contributed by atoms with van der Waals surface area (Å²) in [5.74, 6) is 5.17. The Balaban J connectivity index is 1.59. The van der Waals surface area contributed by atoms with E-state index in [-0.39, 0.29) is 0 Å². The SMILES string of the molecule is C1CCC(c2n[nH]c(CC3CSCCN3)n2)C1. The van der Waals surface area contributed by atoms with E-state index < -0.39 is 0 Å². The second-order valence-electron chi connectivity index (χ2n) is 5.05. The number of aromatic amines is 1. The highest BCUT2D eigenvalue weighted by molar-refractivity contribution is 7.99. The normalized spacial score (nSPS) is 26.5. The minimum Gasteiger partial charge on any atom is -0.312 e. The Labute approximate surface area is 106 Å². The highest BCUT2D eigenvalue weighted by Gasteiger charge is 2.22. The van der Waals surface area contributed by atoms with E-state index in [9.17, 15) is 0 Å². The molecule has 2 aliphatic rings. The van der Waals surface area contributed by atoms with Crippen molar-refractivity contribution in [3.8, 4) is 0 Å². The molecule has 1 saturated heterocycles. The molecule has 1 aromatic heterocycles. The van der Waals surface area contributed by atoms with E-state index in [4.69, 9.17) is 0 Å². The first kappa shape index (κ1) is 11.5. The number of hydrogen-bond acceptors (Lipinski definition) is 4. The van der Waals surface area contributed by atoms with Gasteiger partial charge in [0, 0.05) is 36.4 Å². The maximum absolute atomic E-state index is 4.67. The van der Waals surface area contributed by atoms with Crippen LogP contribution in [-0.4, -0.2) is 39.3 Å². The van der Waals surface area contributed by atoms with Crippen molar-refractivity contribution >= 4 is 11.8 Å². The average molecular weight is 252 g/mol. The van der Waals surface area contributed by atoms with E-state index >= 15 is 0 Å². The lowest BCUT2D eigenvalue weighted by molar-refractivity contribution is 0.550. The Hall–Kier alpha value is -0.550. The fourth-order valence-electron chi connectivity index (χ4n) is 2.75. The van der Waals surface area contributed by atoms with Crippen molar-refractivity contribution in [1.29, 1.82) is 0 Å². The molecule has 0 amide bonds. The van der Waals surface area contributed by atoms with Gasteiger partial charge in [0.2, 0.25) is 0 Å². The summed E-state index contributed by atoms with van der Waals surface area (Å²) >= 11 is 2.03. The van der Waals surface area contributed by atoms with Crippen LogP contribution in [0, 0.1) is 0 Å². The van der Waals surface area contributed by atoms with E-state index in [0.717, 1.165) is 24.6 Å². The lowest BCUT2D eigenvalue weighted by Gasteiger charge is -2.21. The van der Waals surface area contributed by atoms with Gasteiger partial charge in [-0.3, -0.25) is 5.10 Å². The van der Waals surface area contributed by atoms with Gasteiger partial charge in [-0.15, -0.1) is 0 Å². The van der Waals surface area contributed by atoms with Crippen LogP contribution in [0.1, 0.15) is 43.3 Å². The summed E-state index contributed by atoms with van der Waals surface area (Å²) in [5, 5.41) is 11.1. The number of nitrogens with one attached hydrogen (secondary N) is 2. The summed E-state index contributed by atoms with van der Waals surface area (Å²) in [4.78, 5) is 4.67. The molecule has 1 saturated carbocycles. The smallest absolute Gasteiger partial charge is 0.153 e. The van der Waals surface area contributed by atoms with Gasteiger partial charge in [-0.1, -0.05) is 12.8 Å². The molecule has 1 unspecified atom stereocenters. The molecule has 0 spiro atoms. The lowest BCUT2D eigenvalue weighted by Crippen LogP contribution is -2.39. The van der Waals surface area contributed by atoms with Gasteiger partial charge in [0.05, 0.1) is 0 Å². The quantitative estimate of drug-likeness (QED) is 0.860. The molecular weight excluding hydrogens is 232 g/mol. The van der Waals surface area contributed by atoms with E-state index in [1.807, 2.05) is 11.8 Å². The first-order chi connectivity index (χ1) is 8.42. The molecule has 3 rings (SSSR count). The van der Waals surface area contributed by atoms with Gasteiger partial charge in [-0.2, -0.15) is 16.9 Å². The Bertz CT molecular complexity index is 353. The fourth-order valence-corrected chi connectivity index (χ4v) is 3.70. The third-order valence-corrected chi connectivity index (χ3v) is 4.84. The van der Waals surface area contributed by atoms with Gasteiger partial charge in [-0.05, 0) is 12.8 Å². The second kappa shape index (κ2) is 5.40. The summed E-state index contributed by atoms with van der Waals surface area (Å²) in [7, 11) is 0. The second-order valence-corrected chi connectivity index (χ2v) is 6.20. The maximum Gasteiger partial charge on any atom is 0.153 e. The van der Waals surface area contributed by atoms with Gasteiger partial charge in [0.25, 0.3) is 0 Å². The zero-order valence-electron chi connectivity index (χ0n) is 10.1. The standard InChI is InChI=1S/C12H20N4S/c1-2-4-9(3-1)12-14-11(15-16-12)7-10-8-17-6-5-13-10/h9-10,13H,1-8H2,(H,14,15,16). The predicted molar refractivity (Wildman–Crippen MR) is 70.4 cm³/mol. The van der Waals surface area contributed by atoms with Crippen molar-refractivity contribution in [1.82, 2.24) is 20.5 Å². The zero-order valence-corrected chi connectivity index (χ0v) is 10.9. The molecule has 1 aromatic rings. The van der Waals surface area contributed by atoms with Crippen molar-refractivity contribution < 1.29 is 0 Å². The van der Waals surface area contributed by atoms with E-state index in [2.05, 4.69) is 20.5 Å². The minimum atomic E-state index is 0.568. The van der Waals surface area contributed by atoms with Crippen molar-refractivity contribution in [2.75, 3.05) is 18.1 Å². The summed E-state index contributed by atoms with van der Waals surface area (Å²) in [5.41, 5.74) is 0. The van der Waals surface area contributed by atoms with Crippen LogP contribution in [-0.2, 0) is 6.42 Å². The van der Waals surface area contributed by atoms with Gasteiger partial charge < -0.3 is 5.32 Å². The van der Waals surface area contributed by atoms with Crippen LogP contribution < -0.4 is 5.32 Å². The molecule has 2 fully saturated rings. The van der Waals surface area contributed by atoms with Crippen LogP contribution in [0.5, 0.6) is 0 Å².